The number of nitrogens with one attached hydrogen (secondary N) is 2. The van der Waals surface area contributed by atoms with Gasteiger partial charge in [-0.05, 0) is 44.7 Å². The number of carbonyl (C=O) groups is 2. The smallest absolute Gasteiger partial charge is 0.307 e. The van der Waals surface area contributed by atoms with E-state index in [1.54, 1.807) is 12.1 Å². The molecule has 1 aromatic carbocycles. The monoisotopic (exact) mass is 393 g/mol. The third kappa shape index (κ3) is 6.05. The minimum atomic E-state index is -3.70. The number of aryl methyl sites for hydroxylation is 1. The molecule has 0 heterocycles. The van der Waals surface area contributed by atoms with E-state index in [0.29, 0.717) is 12.8 Å². The molecule has 1 aromatic rings. The summed E-state index contributed by atoms with van der Waals surface area (Å²) in [5, 5.41) is 11.8. The number of ether oxygens (including phenoxy) is 1. The number of amides is 1. The second-order valence-corrected chi connectivity index (χ2v) is 8.34. The first-order valence-corrected chi connectivity index (χ1v) is 10.2. The molecule has 1 amide bonds. The lowest BCUT2D eigenvalue weighted by Crippen LogP contribution is -2.46. The third-order valence-electron chi connectivity index (χ3n) is 4.37. The van der Waals surface area contributed by atoms with Crippen LogP contribution in [0.3, 0.4) is 0 Å². The van der Waals surface area contributed by atoms with Crippen LogP contribution in [0.15, 0.2) is 29.2 Å². The number of rotatable bonds is 8. The van der Waals surface area contributed by atoms with Crippen molar-refractivity contribution in [3.8, 4) is 6.07 Å². The molecule has 1 aliphatic carbocycles. The van der Waals surface area contributed by atoms with Gasteiger partial charge < -0.3 is 10.1 Å². The van der Waals surface area contributed by atoms with Crippen molar-refractivity contribution in [3.05, 3.63) is 29.8 Å². The van der Waals surface area contributed by atoms with Crippen LogP contribution < -0.4 is 10.0 Å². The van der Waals surface area contributed by atoms with E-state index in [4.69, 9.17) is 4.74 Å². The van der Waals surface area contributed by atoms with E-state index in [-0.39, 0.29) is 17.9 Å². The standard InChI is InChI=1S/C18H23N3O5S/c1-14-4-6-15(7-5-14)27(24,25)20-11-8-17(23)26-12-16(22)21-18(13-19)9-2-3-10-18/h4-7,20H,2-3,8-12H2,1H3,(H,21,22). The average molecular weight is 393 g/mol. The van der Waals surface area contributed by atoms with Gasteiger partial charge in [-0.15, -0.1) is 0 Å². The Hall–Kier alpha value is -2.44. The van der Waals surface area contributed by atoms with Crippen LogP contribution in [0, 0.1) is 18.3 Å². The Labute approximate surface area is 158 Å². The highest BCUT2D eigenvalue weighted by Crippen LogP contribution is 2.28. The number of hydrogen-bond acceptors (Lipinski definition) is 6. The van der Waals surface area contributed by atoms with Gasteiger partial charge in [0.2, 0.25) is 10.0 Å². The Kier molecular flexibility index (Phi) is 6.93. The zero-order valence-corrected chi connectivity index (χ0v) is 16.0. The molecule has 0 aliphatic heterocycles. The maximum atomic E-state index is 12.1. The van der Waals surface area contributed by atoms with Gasteiger partial charge in [0.05, 0.1) is 17.4 Å². The predicted molar refractivity (Wildman–Crippen MR) is 96.9 cm³/mol. The van der Waals surface area contributed by atoms with Gasteiger partial charge in [-0.2, -0.15) is 5.26 Å². The zero-order valence-electron chi connectivity index (χ0n) is 15.2. The normalized spacial score (nSPS) is 15.7. The van der Waals surface area contributed by atoms with Crippen molar-refractivity contribution in [2.24, 2.45) is 0 Å². The Morgan fingerprint density at radius 1 is 1.22 bits per heavy atom. The first kappa shape index (κ1) is 20.9. The SMILES string of the molecule is Cc1ccc(S(=O)(=O)NCCC(=O)OCC(=O)NC2(C#N)CCCC2)cc1. The summed E-state index contributed by atoms with van der Waals surface area (Å²) in [5.41, 5.74) is 0.0688. The number of esters is 1. The molecular weight excluding hydrogens is 370 g/mol. The highest BCUT2D eigenvalue weighted by Gasteiger charge is 2.35. The van der Waals surface area contributed by atoms with Gasteiger partial charge in [-0.1, -0.05) is 17.7 Å². The van der Waals surface area contributed by atoms with E-state index in [1.807, 2.05) is 6.92 Å². The fourth-order valence-corrected chi connectivity index (χ4v) is 3.88. The Bertz CT molecular complexity index is 822. The predicted octanol–water partition coefficient (Wildman–Crippen LogP) is 1.16. The van der Waals surface area contributed by atoms with E-state index in [2.05, 4.69) is 16.1 Å². The van der Waals surface area contributed by atoms with Crippen molar-refractivity contribution in [2.45, 2.75) is 49.5 Å². The molecule has 1 saturated carbocycles. The van der Waals surface area contributed by atoms with Crippen LogP contribution in [0.2, 0.25) is 0 Å². The number of sulfonamides is 1. The fraction of sp³-hybridized carbons (Fsp3) is 0.500. The number of nitrogens with zero attached hydrogens (tertiary/aromatic N) is 1. The molecule has 0 atom stereocenters. The Balaban J connectivity index is 1.72. The molecule has 0 bridgehead atoms. The van der Waals surface area contributed by atoms with Gasteiger partial charge in [0.25, 0.3) is 5.91 Å². The number of hydrogen-bond donors (Lipinski definition) is 2. The van der Waals surface area contributed by atoms with Crippen molar-refractivity contribution in [1.29, 1.82) is 5.26 Å². The lowest BCUT2D eigenvalue weighted by atomic mass is 10.00. The maximum absolute atomic E-state index is 12.1. The molecule has 1 fully saturated rings. The van der Waals surface area contributed by atoms with Crippen LogP contribution in [0.4, 0.5) is 0 Å². The summed E-state index contributed by atoms with van der Waals surface area (Å²) in [7, 11) is -3.70. The number of carbonyl (C=O) groups excluding carboxylic acids is 2. The van der Waals surface area contributed by atoms with Crippen molar-refractivity contribution < 1.29 is 22.7 Å². The second kappa shape index (κ2) is 8.97. The van der Waals surface area contributed by atoms with E-state index >= 15 is 0 Å². The molecule has 0 saturated heterocycles. The van der Waals surface area contributed by atoms with Gasteiger partial charge in [0, 0.05) is 6.54 Å². The molecule has 2 N–H and O–H groups in total. The maximum Gasteiger partial charge on any atom is 0.307 e. The first-order chi connectivity index (χ1) is 12.8. The van der Waals surface area contributed by atoms with Gasteiger partial charge in [0.1, 0.15) is 5.54 Å². The number of benzene rings is 1. The summed E-state index contributed by atoms with van der Waals surface area (Å²) in [6.45, 7) is 1.22. The largest absolute Gasteiger partial charge is 0.456 e. The van der Waals surface area contributed by atoms with Crippen molar-refractivity contribution in [3.63, 3.8) is 0 Å². The Morgan fingerprint density at radius 3 is 2.44 bits per heavy atom. The molecular formula is C18H23N3O5S. The van der Waals surface area contributed by atoms with Gasteiger partial charge >= 0.3 is 5.97 Å². The van der Waals surface area contributed by atoms with Crippen LogP contribution in [-0.2, 0) is 24.3 Å². The number of nitriles is 1. The molecule has 0 spiro atoms. The summed E-state index contributed by atoms with van der Waals surface area (Å²) < 4.78 is 31.3. The topological polar surface area (TPSA) is 125 Å². The highest BCUT2D eigenvalue weighted by atomic mass is 32.2. The molecule has 0 radical (unpaired) electrons. The lowest BCUT2D eigenvalue weighted by molar-refractivity contribution is -0.148. The van der Waals surface area contributed by atoms with Crippen LogP contribution in [-0.4, -0.2) is 39.0 Å². The molecule has 9 heteroatoms. The molecule has 0 aromatic heterocycles. The molecule has 0 unspecified atom stereocenters. The summed E-state index contributed by atoms with van der Waals surface area (Å²) in [6, 6.07) is 8.44. The lowest BCUT2D eigenvalue weighted by Gasteiger charge is -2.21. The average Bonchev–Trinajstić information content (AvgIpc) is 3.09. The first-order valence-electron chi connectivity index (χ1n) is 8.71. The zero-order chi connectivity index (χ0) is 19.9. The molecule has 27 heavy (non-hydrogen) atoms. The molecule has 2 rings (SSSR count). The van der Waals surface area contributed by atoms with Gasteiger partial charge in [0.15, 0.2) is 6.61 Å². The van der Waals surface area contributed by atoms with E-state index in [9.17, 15) is 23.3 Å². The highest BCUT2D eigenvalue weighted by molar-refractivity contribution is 7.89. The second-order valence-electron chi connectivity index (χ2n) is 6.57. The van der Waals surface area contributed by atoms with Crippen LogP contribution in [0.5, 0.6) is 0 Å². The van der Waals surface area contributed by atoms with Crippen LogP contribution >= 0.6 is 0 Å². The minimum absolute atomic E-state index is 0.110. The summed E-state index contributed by atoms with van der Waals surface area (Å²) in [4.78, 5) is 23.7. The van der Waals surface area contributed by atoms with E-state index in [0.717, 1.165) is 18.4 Å². The van der Waals surface area contributed by atoms with E-state index in [1.165, 1.54) is 12.1 Å². The molecule has 146 valence electrons. The van der Waals surface area contributed by atoms with Gasteiger partial charge in [-0.3, -0.25) is 9.59 Å². The van der Waals surface area contributed by atoms with Crippen LogP contribution in [0.25, 0.3) is 0 Å². The van der Waals surface area contributed by atoms with Gasteiger partial charge in [-0.25, -0.2) is 13.1 Å². The van der Waals surface area contributed by atoms with Crippen molar-refractivity contribution in [1.82, 2.24) is 10.0 Å². The third-order valence-corrected chi connectivity index (χ3v) is 5.84. The van der Waals surface area contributed by atoms with Crippen molar-refractivity contribution in [2.75, 3.05) is 13.2 Å². The minimum Gasteiger partial charge on any atom is -0.456 e. The molecule has 1 aliphatic rings. The summed E-state index contributed by atoms with van der Waals surface area (Å²) in [5.74, 6) is -1.23. The summed E-state index contributed by atoms with van der Waals surface area (Å²) in [6.07, 6.45) is 2.71. The van der Waals surface area contributed by atoms with Crippen molar-refractivity contribution >= 4 is 21.9 Å². The quantitative estimate of drug-likeness (QED) is 0.639. The van der Waals surface area contributed by atoms with E-state index < -0.39 is 34.0 Å². The molecule has 8 nitrogen and oxygen atoms in total. The summed E-state index contributed by atoms with van der Waals surface area (Å²) >= 11 is 0. The fourth-order valence-electron chi connectivity index (χ4n) is 2.85. The Morgan fingerprint density at radius 2 is 1.85 bits per heavy atom. The van der Waals surface area contributed by atoms with Crippen LogP contribution in [0.1, 0.15) is 37.7 Å².